The van der Waals surface area contributed by atoms with Crippen LogP contribution < -0.4 is 0 Å². The van der Waals surface area contributed by atoms with E-state index in [0.717, 1.165) is 57.2 Å². The first-order valence-electron chi connectivity index (χ1n) is 9.81. The number of hydrogen-bond acceptors (Lipinski definition) is 4. The number of carbonyl (C=O) groups is 1. The Balaban J connectivity index is 1.34. The van der Waals surface area contributed by atoms with Crippen LogP contribution in [0.25, 0.3) is 0 Å². The van der Waals surface area contributed by atoms with Gasteiger partial charge in [-0.25, -0.2) is 0 Å². The lowest BCUT2D eigenvalue weighted by Crippen LogP contribution is -2.42. The zero-order valence-electron chi connectivity index (χ0n) is 15.7. The second-order valence-corrected chi connectivity index (χ2v) is 8.46. The maximum Gasteiger partial charge on any atom is 0.239 e. The second-order valence-electron chi connectivity index (χ2n) is 8.46. The Labute approximate surface area is 150 Å². The smallest absolute Gasteiger partial charge is 0.239 e. The predicted molar refractivity (Wildman–Crippen MR) is 97.2 cm³/mol. The minimum atomic E-state index is 0.109. The Bertz CT molecular complexity index is 612. The average Bonchev–Trinajstić information content (AvgIpc) is 3.31. The number of furan rings is 1. The number of hydrogen-bond donors (Lipinski definition) is 0. The first kappa shape index (κ1) is 17.1. The summed E-state index contributed by atoms with van der Waals surface area (Å²) in [5.41, 5.74) is 0.338. The normalized spacial score (nSPS) is 27.4. The van der Waals surface area contributed by atoms with E-state index in [1.165, 1.54) is 25.7 Å². The van der Waals surface area contributed by atoms with Gasteiger partial charge in [0.1, 0.15) is 11.5 Å². The van der Waals surface area contributed by atoms with Crippen LogP contribution in [0.15, 0.2) is 16.5 Å². The first-order valence-corrected chi connectivity index (χ1v) is 9.81. The van der Waals surface area contributed by atoms with Gasteiger partial charge in [-0.1, -0.05) is 0 Å². The molecule has 1 atom stereocenters. The summed E-state index contributed by atoms with van der Waals surface area (Å²) in [5, 5.41) is 0. The Kier molecular flexibility index (Phi) is 4.63. The van der Waals surface area contributed by atoms with Gasteiger partial charge in [0.25, 0.3) is 0 Å². The fourth-order valence-corrected chi connectivity index (χ4v) is 5.03. The van der Waals surface area contributed by atoms with Gasteiger partial charge in [-0.2, -0.15) is 0 Å². The molecule has 4 heterocycles. The maximum absolute atomic E-state index is 12.9. The Morgan fingerprint density at radius 1 is 1.20 bits per heavy atom. The van der Waals surface area contributed by atoms with Crippen molar-refractivity contribution >= 4 is 5.91 Å². The third-order valence-corrected chi connectivity index (χ3v) is 6.54. The van der Waals surface area contributed by atoms with Gasteiger partial charge in [0.15, 0.2) is 0 Å². The summed E-state index contributed by atoms with van der Waals surface area (Å²) < 4.78 is 5.73. The molecule has 3 aliphatic rings. The molecule has 1 amide bonds. The van der Waals surface area contributed by atoms with Crippen LogP contribution in [0.3, 0.4) is 0 Å². The van der Waals surface area contributed by atoms with Crippen LogP contribution >= 0.6 is 0 Å². The van der Waals surface area contributed by atoms with Crippen LogP contribution in [0, 0.1) is 12.3 Å². The van der Waals surface area contributed by atoms with E-state index in [2.05, 4.69) is 27.8 Å². The van der Waals surface area contributed by atoms with E-state index in [0.29, 0.717) is 11.3 Å². The summed E-state index contributed by atoms with van der Waals surface area (Å²) >= 11 is 0. The molecule has 5 nitrogen and oxygen atoms in total. The Hall–Kier alpha value is -1.33. The number of amides is 1. The fourth-order valence-electron chi connectivity index (χ4n) is 5.03. The standard InChI is InChI=1S/C20H31N3O2/c1-16-5-6-17(25-16)14-22-11-7-20(8-12-22)13-18(21(2)15-20)19(24)23-9-3-4-10-23/h5-6,18H,3-4,7-15H2,1-2H3. The maximum atomic E-state index is 12.9. The second kappa shape index (κ2) is 6.76. The predicted octanol–water partition coefficient (Wildman–Crippen LogP) is 2.50. The molecule has 0 N–H and O–H groups in total. The van der Waals surface area contributed by atoms with Crippen molar-refractivity contribution in [2.45, 2.75) is 51.6 Å². The van der Waals surface area contributed by atoms with Crippen molar-refractivity contribution in [3.8, 4) is 0 Å². The number of likely N-dealkylation sites (tertiary alicyclic amines) is 3. The topological polar surface area (TPSA) is 39.9 Å². The van der Waals surface area contributed by atoms with E-state index in [9.17, 15) is 4.79 Å². The van der Waals surface area contributed by atoms with Gasteiger partial charge in [0, 0.05) is 19.6 Å². The molecule has 1 spiro atoms. The summed E-state index contributed by atoms with van der Waals surface area (Å²) in [7, 11) is 2.14. The summed E-state index contributed by atoms with van der Waals surface area (Å²) in [6.45, 7) is 8.14. The number of rotatable bonds is 3. The molecular formula is C20H31N3O2. The monoisotopic (exact) mass is 345 g/mol. The largest absolute Gasteiger partial charge is 0.465 e. The molecule has 3 saturated heterocycles. The van der Waals surface area contributed by atoms with Gasteiger partial charge < -0.3 is 9.32 Å². The van der Waals surface area contributed by atoms with E-state index in [4.69, 9.17) is 4.42 Å². The van der Waals surface area contributed by atoms with Crippen LogP contribution in [-0.2, 0) is 11.3 Å². The van der Waals surface area contributed by atoms with Crippen molar-refractivity contribution in [3.05, 3.63) is 23.7 Å². The first-order chi connectivity index (χ1) is 12.0. The molecular weight excluding hydrogens is 314 g/mol. The average molecular weight is 345 g/mol. The summed E-state index contributed by atoms with van der Waals surface area (Å²) in [5.74, 6) is 2.44. The van der Waals surface area contributed by atoms with Gasteiger partial charge in [-0.3, -0.25) is 14.6 Å². The van der Waals surface area contributed by atoms with Gasteiger partial charge in [0.2, 0.25) is 5.91 Å². The molecule has 138 valence electrons. The highest BCUT2D eigenvalue weighted by Gasteiger charge is 2.47. The van der Waals surface area contributed by atoms with Crippen LogP contribution in [-0.4, -0.2) is 66.4 Å². The van der Waals surface area contributed by atoms with Crippen molar-refractivity contribution in [2.75, 3.05) is 39.8 Å². The molecule has 25 heavy (non-hydrogen) atoms. The van der Waals surface area contributed by atoms with Crippen LogP contribution in [0.2, 0.25) is 0 Å². The fraction of sp³-hybridized carbons (Fsp3) is 0.750. The summed E-state index contributed by atoms with van der Waals surface area (Å²) in [4.78, 5) is 19.8. The van der Waals surface area contributed by atoms with Crippen molar-refractivity contribution in [2.24, 2.45) is 5.41 Å². The van der Waals surface area contributed by atoms with E-state index in [-0.39, 0.29) is 6.04 Å². The summed E-state index contributed by atoms with van der Waals surface area (Å²) in [6, 6.07) is 4.24. The number of carbonyl (C=O) groups excluding carboxylic acids is 1. The highest BCUT2D eigenvalue weighted by molar-refractivity contribution is 5.82. The third kappa shape index (κ3) is 3.49. The van der Waals surface area contributed by atoms with Gasteiger partial charge in [-0.15, -0.1) is 0 Å². The molecule has 1 aromatic rings. The molecule has 5 heteroatoms. The van der Waals surface area contributed by atoms with Gasteiger partial charge in [-0.05, 0) is 76.7 Å². The van der Waals surface area contributed by atoms with Crippen LogP contribution in [0.5, 0.6) is 0 Å². The van der Waals surface area contributed by atoms with Gasteiger partial charge >= 0.3 is 0 Å². The number of aryl methyl sites for hydroxylation is 1. The van der Waals surface area contributed by atoms with E-state index >= 15 is 0 Å². The van der Waals surface area contributed by atoms with Crippen molar-refractivity contribution < 1.29 is 9.21 Å². The third-order valence-electron chi connectivity index (χ3n) is 6.54. The lowest BCUT2D eigenvalue weighted by molar-refractivity contribution is -0.134. The number of piperidine rings is 1. The van der Waals surface area contributed by atoms with Gasteiger partial charge in [0.05, 0.1) is 12.6 Å². The van der Waals surface area contributed by atoms with Crippen LogP contribution in [0.1, 0.15) is 43.6 Å². The molecule has 3 fully saturated rings. The Morgan fingerprint density at radius 2 is 1.92 bits per heavy atom. The highest BCUT2D eigenvalue weighted by Crippen LogP contribution is 2.43. The molecule has 1 aromatic heterocycles. The van der Waals surface area contributed by atoms with E-state index in [1.54, 1.807) is 0 Å². The Morgan fingerprint density at radius 3 is 2.56 bits per heavy atom. The zero-order valence-corrected chi connectivity index (χ0v) is 15.7. The number of nitrogens with zero attached hydrogens (tertiary/aromatic N) is 3. The van der Waals surface area contributed by atoms with E-state index in [1.807, 2.05) is 13.0 Å². The molecule has 0 aromatic carbocycles. The van der Waals surface area contributed by atoms with E-state index < -0.39 is 0 Å². The highest BCUT2D eigenvalue weighted by atomic mass is 16.3. The summed E-state index contributed by atoms with van der Waals surface area (Å²) in [6.07, 6.45) is 5.79. The molecule has 0 aliphatic carbocycles. The molecule has 3 aliphatic heterocycles. The van der Waals surface area contributed by atoms with Crippen LogP contribution in [0.4, 0.5) is 0 Å². The molecule has 0 saturated carbocycles. The molecule has 4 rings (SSSR count). The van der Waals surface area contributed by atoms with Crippen molar-refractivity contribution in [1.29, 1.82) is 0 Å². The quantitative estimate of drug-likeness (QED) is 0.844. The van der Waals surface area contributed by atoms with Crippen molar-refractivity contribution in [3.63, 3.8) is 0 Å². The minimum absolute atomic E-state index is 0.109. The molecule has 0 radical (unpaired) electrons. The number of likely N-dealkylation sites (N-methyl/N-ethyl adjacent to an activating group) is 1. The SMILES string of the molecule is Cc1ccc(CN2CCC3(CC2)CC(C(=O)N2CCCC2)N(C)C3)o1. The molecule has 1 unspecified atom stereocenters. The lowest BCUT2D eigenvalue weighted by atomic mass is 9.76. The lowest BCUT2D eigenvalue weighted by Gasteiger charge is -2.39. The van der Waals surface area contributed by atoms with Crippen molar-refractivity contribution in [1.82, 2.24) is 14.7 Å². The zero-order chi connectivity index (χ0) is 17.4. The molecule has 0 bridgehead atoms. The minimum Gasteiger partial charge on any atom is -0.465 e.